The Labute approximate surface area is 113 Å². The van der Waals surface area contributed by atoms with E-state index in [0.29, 0.717) is 12.0 Å². The lowest BCUT2D eigenvalue weighted by atomic mass is 9.96. The molecule has 1 N–H and O–H groups in total. The molecule has 100 valence electrons. The Hall–Kier alpha value is -1.67. The van der Waals surface area contributed by atoms with Gasteiger partial charge in [-0.3, -0.25) is 0 Å². The number of benzene rings is 2. The van der Waals surface area contributed by atoms with Gasteiger partial charge in [0.25, 0.3) is 0 Å². The number of aliphatic hydroxyl groups is 1. The molecule has 0 aromatic heterocycles. The summed E-state index contributed by atoms with van der Waals surface area (Å²) in [5.74, 6) is -0.234. The van der Waals surface area contributed by atoms with Crippen LogP contribution in [0.2, 0.25) is 0 Å². The second-order valence-electron chi connectivity index (χ2n) is 5.16. The summed E-state index contributed by atoms with van der Waals surface area (Å²) < 4.78 is 13.2. The third kappa shape index (κ3) is 3.21. The topological polar surface area (TPSA) is 20.2 Å². The van der Waals surface area contributed by atoms with Crippen LogP contribution >= 0.6 is 0 Å². The summed E-state index contributed by atoms with van der Waals surface area (Å²) in [5, 5.41) is 10.3. The summed E-state index contributed by atoms with van der Waals surface area (Å²) in [6.07, 6.45) is -0.0433. The SMILES string of the molecule is Cc1ccc(C)c(CC(O)c2ccc(F)c(C)c2)c1. The van der Waals surface area contributed by atoms with Crippen LogP contribution in [0.25, 0.3) is 0 Å². The number of rotatable bonds is 3. The molecule has 0 saturated carbocycles. The molecule has 0 saturated heterocycles. The lowest BCUT2D eigenvalue weighted by Gasteiger charge is -2.14. The van der Waals surface area contributed by atoms with Gasteiger partial charge in [0.2, 0.25) is 0 Å². The van der Waals surface area contributed by atoms with Gasteiger partial charge in [0.05, 0.1) is 6.10 Å². The van der Waals surface area contributed by atoms with Crippen molar-refractivity contribution in [2.24, 2.45) is 0 Å². The zero-order valence-corrected chi connectivity index (χ0v) is 11.6. The molecule has 19 heavy (non-hydrogen) atoms. The molecule has 2 aromatic rings. The number of hydrogen-bond donors (Lipinski definition) is 1. The zero-order chi connectivity index (χ0) is 14.0. The van der Waals surface area contributed by atoms with Crippen LogP contribution in [-0.2, 0) is 6.42 Å². The maximum Gasteiger partial charge on any atom is 0.126 e. The van der Waals surface area contributed by atoms with Gasteiger partial charge in [-0.1, -0.05) is 35.9 Å². The number of aliphatic hydroxyl groups excluding tert-OH is 1. The normalized spacial score (nSPS) is 12.5. The van der Waals surface area contributed by atoms with E-state index in [-0.39, 0.29) is 5.82 Å². The third-order valence-corrected chi connectivity index (χ3v) is 3.48. The van der Waals surface area contributed by atoms with Gasteiger partial charge in [0.15, 0.2) is 0 Å². The van der Waals surface area contributed by atoms with Crippen LogP contribution in [-0.4, -0.2) is 5.11 Å². The van der Waals surface area contributed by atoms with Gasteiger partial charge < -0.3 is 5.11 Å². The molecule has 1 nitrogen and oxygen atoms in total. The monoisotopic (exact) mass is 258 g/mol. The Balaban J connectivity index is 2.22. The van der Waals surface area contributed by atoms with E-state index in [1.165, 1.54) is 17.2 Å². The minimum Gasteiger partial charge on any atom is -0.388 e. The van der Waals surface area contributed by atoms with Gasteiger partial charge in [0.1, 0.15) is 5.82 Å². The highest BCUT2D eigenvalue weighted by Crippen LogP contribution is 2.22. The molecule has 1 unspecified atom stereocenters. The average Bonchev–Trinajstić information content (AvgIpc) is 2.37. The maximum absolute atomic E-state index is 13.2. The standard InChI is InChI=1S/C17H19FO/c1-11-4-5-12(2)15(8-11)10-17(19)14-6-7-16(18)13(3)9-14/h4-9,17,19H,10H2,1-3H3. The predicted octanol–water partition coefficient (Wildman–Crippen LogP) is 4.03. The van der Waals surface area contributed by atoms with Crippen molar-refractivity contribution in [1.29, 1.82) is 0 Å². The number of halogens is 1. The van der Waals surface area contributed by atoms with Crippen molar-refractivity contribution in [3.05, 3.63) is 70.0 Å². The van der Waals surface area contributed by atoms with Crippen molar-refractivity contribution in [2.75, 3.05) is 0 Å². The van der Waals surface area contributed by atoms with Crippen LogP contribution in [0.15, 0.2) is 36.4 Å². The summed E-state index contributed by atoms with van der Waals surface area (Å²) >= 11 is 0. The van der Waals surface area contributed by atoms with Crippen LogP contribution in [0.3, 0.4) is 0 Å². The summed E-state index contributed by atoms with van der Waals surface area (Å²) in [7, 11) is 0. The third-order valence-electron chi connectivity index (χ3n) is 3.48. The largest absolute Gasteiger partial charge is 0.388 e. The highest BCUT2D eigenvalue weighted by Gasteiger charge is 2.11. The van der Waals surface area contributed by atoms with E-state index in [4.69, 9.17) is 0 Å². The van der Waals surface area contributed by atoms with E-state index >= 15 is 0 Å². The Kier molecular flexibility index (Phi) is 4.01. The fourth-order valence-corrected chi connectivity index (χ4v) is 2.22. The van der Waals surface area contributed by atoms with E-state index in [9.17, 15) is 9.50 Å². The highest BCUT2D eigenvalue weighted by molar-refractivity contribution is 5.33. The van der Waals surface area contributed by atoms with E-state index in [0.717, 1.165) is 11.1 Å². The van der Waals surface area contributed by atoms with Crippen molar-refractivity contribution in [3.63, 3.8) is 0 Å². The van der Waals surface area contributed by atoms with Crippen molar-refractivity contribution in [2.45, 2.75) is 33.3 Å². The first-order chi connectivity index (χ1) is 8.97. The molecule has 1 atom stereocenters. The molecule has 0 aliphatic heterocycles. The average molecular weight is 258 g/mol. The molecule has 0 heterocycles. The van der Waals surface area contributed by atoms with Crippen LogP contribution in [0.1, 0.15) is 33.9 Å². The minimum atomic E-state index is -0.597. The first kappa shape index (κ1) is 13.8. The van der Waals surface area contributed by atoms with Gasteiger partial charge in [0, 0.05) is 6.42 Å². The Morgan fingerprint density at radius 1 is 1.00 bits per heavy atom. The van der Waals surface area contributed by atoms with Gasteiger partial charge in [-0.05, 0) is 49.1 Å². The molecule has 0 aliphatic rings. The summed E-state index contributed by atoms with van der Waals surface area (Å²) in [6.45, 7) is 5.79. The summed E-state index contributed by atoms with van der Waals surface area (Å²) in [6, 6.07) is 11.0. The van der Waals surface area contributed by atoms with E-state index in [2.05, 4.69) is 18.2 Å². The van der Waals surface area contributed by atoms with Gasteiger partial charge in [-0.2, -0.15) is 0 Å². The highest BCUT2D eigenvalue weighted by atomic mass is 19.1. The molecule has 0 fully saturated rings. The Morgan fingerprint density at radius 3 is 2.42 bits per heavy atom. The van der Waals surface area contributed by atoms with Crippen molar-refractivity contribution >= 4 is 0 Å². The zero-order valence-electron chi connectivity index (χ0n) is 11.6. The molecular formula is C17H19FO. The molecule has 0 amide bonds. The fourth-order valence-electron chi connectivity index (χ4n) is 2.22. The van der Waals surface area contributed by atoms with Crippen LogP contribution < -0.4 is 0 Å². The molecular weight excluding hydrogens is 239 g/mol. The molecule has 0 spiro atoms. The van der Waals surface area contributed by atoms with E-state index in [1.54, 1.807) is 19.1 Å². The second-order valence-corrected chi connectivity index (χ2v) is 5.16. The smallest absolute Gasteiger partial charge is 0.126 e. The van der Waals surface area contributed by atoms with Crippen LogP contribution in [0.4, 0.5) is 4.39 Å². The summed E-state index contributed by atoms with van der Waals surface area (Å²) in [5.41, 5.74) is 4.82. The first-order valence-corrected chi connectivity index (χ1v) is 6.47. The van der Waals surface area contributed by atoms with E-state index < -0.39 is 6.10 Å². The second kappa shape index (κ2) is 5.54. The maximum atomic E-state index is 13.2. The van der Waals surface area contributed by atoms with Crippen LogP contribution in [0.5, 0.6) is 0 Å². The van der Waals surface area contributed by atoms with Gasteiger partial charge in [-0.25, -0.2) is 4.39 Å². The first-order valence-electron chi connectivity index (χ1n) is 6.47. The Morgan fingerprint density at radius 2 is 1.74 bits per heavy atom. The van der Waals surface area contributed by atoms with Gasteiger partial charge in [-0.15, -0.1) is 0 Å². The minimum absolute atomic E-state index is 0.234. The molecule has 2 heteroatoms. The fraction of sp³-hybridized carbons (Fsp3) is 0.294. The molecule has 0 radical (unpaired) electrons. The lowest BCUT2D eigenvalue weighted by molar-refractivity contribution is 0.178. The predicted molar refractivity (Wildman–Crippen MR) is 75.7 cm³/mol. The Bertz CT molecular complexity index is 590. The number of aryl methyl sites for hydroxylation is 3. The van der Waals surface area contributed by atoms with Crippen molar-refractivity contribution in [1.82, 2.24) is 0 Å². The van der Waals surface area contributed by atoms with Crippen LogP contribution in [0, 0.1) is 26.6 Å². The molecule has 2 aromatic carbocycles. The van der Waals surface area contributed by atoms with Gasteiger partial charge >= 0.3 is 0 Å². The quantitative estimate of drug-likeness (QED) is 0.881. The lowest BCUT2D eigenvalue weighted by Crippen LogP contribution is -2.04. The molecule has 0 aliphatic carbocycles. The molecule has 2 rings (SSSR count). The van der Waals surface area contributed by atoms with E-state index in [1.807, 2.05) is 13.8 Å². The number of hydrogen-bond acceptors (Lipinski definition) is 1. The van der Waals surface area contributed by atoms with Crippen molar-refractivity contribution < 1.29 is 9.50 Å². The summed E-state index contributed by atoms with van der Waals surface area (Å²) in [4.78, 5) is 0. The van der Waals surface area contributed by atoms with Crippen molar-refractivity contribution in [3.8, 4) is 0 Å². The molecule has 0 bridgehead atoms.